The highest BCUT2D eigenvalue weighted by Crippen LogP contribution is 2.44. The van der Waals surface area contributed by atoms with Crippen LogP contribution in [0.4, 0.5) is 5.69 Å². The molecule has 2 aliphatic heterocycles. The van der Waals surface area contributed by atoms with Crippen molar-refractivity contribution in [3.8, 4) is 0 Å². The first-order valence-electron chi connectivity index (χ1n) is 4.60. The van der Waals surface area contributed by atoms with E-state index < -0.39 is 0 Å². The second-order valence-electron chi connectivity index (χ2n) is 3.83. The standard InChI is InChI=1S/C11H12N2/c1-8-11(6-12-7-11)9-4-2-3-5-10(9)13-8/h2-5,12-13H,1,6-7H2. The van der Waals surface area contributed by atoms with Crippen LogP contribution in [-0.4, -0.2) is 13.1 Å². The molecular formula is C11H12N2. The summed E-state index contributed by atoms with van der Waals surface area (Å²) in [5.74, 6) is 0. The first-order chi connectivity index (χ1) is 6.33. The first-order valence-corrected chi connectivity index (χ1v) is 4.60. The summed E-state index contributed by atoms with van der Waals surface area (Å²) in [6.07, 6.45) is 0. The molecule has 0 amide bonds. The van der Waals surface area contributed by atoms with Crippen molar-refractivity contribution in [3.63, 3.8) is 0 Å². The molecule has 0 saturated carbocycles. The Morgan fingerprint density at radius 3 is 2.69 bits per heavy atom. The first kappa shape index (κ1) is 7.15. The van der Waals surface area contributed by atoms with Crippen LogP contribution in [-0.2, 0) is 5.41 Å². The van der Waals surface area contributed by atoms with Gasteiger partial charge >= 0.3 is 0 Å². The zero-order chi connectivity index (χ0) is 8.89. The molecule has 13 heavy (non-hydrogen) atoms. The van der Waals surface area contributed by atoms with Crippen molar-refractivity contribution in [1.29, 1.82) is 0 Å². The zero-order valence-electron chi connectivity index (χ0n) is 7.43. The normalized spacial score (nSPS) is 22.3. The van der Waals surface area contributed by atoms with Gasteiger partial charge in [0.1, 0.15) is 0 Å². The van der Waals surface area contributed by atoms with Crippen molar-refractivity contribution in [2.24, 2.45) is 0 Å². The number of anilines is 1. The summed E-state index contributed by atoms with van der Waals surface area (Å²) in [5.41, 5.74) is 3.97. The molecular weight excluding hydrogens is 160 g/mol. The Balaban J connectivity index is 2.20. The van der Waals surface area contributed by atoms with Gasteiger partial charge in [-0.2, -0.15) is 0 Å². The van der Waals surface area contributed by atoms with E-state index in [4.69, 9.17) is 0 Å². The Morgan fingerprint density at radius 1 is 1.23 bits per heavy atom. The van der Waals surface area contributed by atoms with Crippen LogP contribution in [0.2, 0.25) is 0 Å². The van der Waals surface area contributed by atoms with E-state index in [0.717, 1.165) is 18.8 Å². The number of fused-ring (bicyclic) bond motifs is 2. The molecule has 1 fully saturated rings. The number of para-hydroxylation sites is 1. The lowest BCUT2D eigenvalue weighted by Gasteiger charge is -2.40. The average molecular weight is 172 g/mol. The van der Waals surface area contributed by atoms with E-state index in [2.05, 4.69) is 41.5 Å². The number of nitrogens with one attached hydrogen (secondary N) is 2. The summed E-state index contributed by atoms with van der Waals surface area (Å²) in [5, 5.41) is 6.67. The number of hydrogen-bond acceptors (Lipinski definition) is 2. The predicted molar refractivity (Wildman–Crippen MR) is 53.8 cm³/mol. The maximum absolute atomic E-state index is 4.09. The minimum absolute atomic E-state index is 0.191. The molecule has 1 aromatic carbocycles. The zero-order valence-corrected chi connectivity index (χ0v) is 7.43. The molecule has 66 valence electrons. The van der Waals surface area contributed by atoms with E-state index in [9.17, 15) is 0 Å². The Morgan fingerprint density at radius 2 is 2.00 bits per heavy atom. The van der Waals surface area contributed by atoms with Gasteiger partial charge in [0.2, 0.25) is 0 Å². The van der Waals surface area contributed by atoms with Gasteiger partial charge in [0, 0.05) is 24.5 Å². The van der Waals surface area contributed by atoms with Gasteiger partial charge in [0.05, 0.1) is 5.41 Å². The average Bonchev–Trinajstić information content (AvgIpc) is 2.35. The van der Waals surface area contributed by atoms with E-state index in [1.807, 2.05) is 0 Å². The summed E-state index contributed by atoms with van der Waals surface area (Å²) >= 11 is 0. The van der Waals surface area contributed by atoms with Crippen molar-refractivity contribution in [2.45, 2.75) is 5.41 Å². The number of rotatable bonds is 0. The molecule has 0 unspecified atom stereocenters. The highest BCUT2D eigenvalue weighted by Gasteiger charge is 2.46. The third kappa shape index (κ3) is 0.717. The van der Waals surface area contributed by atoms with Crippen molar-refractivity contribution in [2.75, 3.05) is 18.4 Å². The van der Waals surface area contributed by atoms with Crippen LogP contribution >= 0.6 is 0 Å². The summed E-state index contributed by atoms with van der Waals surface area (Å²) in [4.78, 5) is 0. The molecule has 1 aromatic rings. The van der Waals surface area contributed by atoms with Gasteiger partial charge in [-0.1, -0.05) is 24.8 Å². The van der Waals surface area contributed by atoms with Crippen LogP contribution in [0.3, 0.4) is 0 Å². The fraction of sp³-hybridized carbons (Fsp3) is 0.273. The van der Waals surface area contributed by atoms with Gasteiger partial charge in [-0.25, -0.2) is 0 Å². The Bertz CT molecular complexity index is 377. The second kappa shape index (κ2) is 2.15. The smallest absolute Gasteiger partial charge is 0.0616 e. The van der Waals surface area contributed by atoms with Crippen LogP contribution < -0.4 is 10.6 Å². The molecule has 1 saturated heterocycles. The highest BCUT2D eigenvalue weighted by atomic mass is 15.1. The van der Waals surface area contributed by atoms with Crippen LogP contribution in [0.1, 0.15) is 5.56 Å². The van der Waals surface area contributed by atoms with Gasteiger partial charge in [-0.05, 0) is 11.6 Å². The Labute approximate surface area is 77.7 Å². The van der Waals surface area contributed by atoms with Crippen molar-refractivity contribution in [1.82, 2.24) is 5.32 Å². The van der Waals surface area contributed by atoms with Gasteiger partial charge in [-0.3, -0.25) is 0 Å². The lowest BCUT2D eigenvalue weighted by Crippen LogP contribution is -2.56. The third-order valence-electron chi connectivity index (χ3n) is 3.16. The molecule has 2 N–H and O–H groups in total. The Hall–Kier alpha value is -1.28. The van der Waals surface area contributed by atoms with E-state index >= 15 is 0 Å². The van der Waals surface area contributed by atoms with Crippen molar-refractivity contribution < 1.29 is 0 Å². The summed E-state index contributed by atoms with van der Waals surface area (Å²) in [6.45, 7) is 6.14. The van der Waals surface area contributed by atoms with Crippen LogP contribution in [0.5, 0.6) is 0 Å². The molecule has 1 spiro atoms. The molecule has 0 atom stereocenters. The van der Waals surface area contributed by atoms with Gasteiger partial charge in [0.15, 0.2) is 0 Å². The molecule has 2 aliphatic rings. The van der Waals surface area contributed by atoms with Gasteiger partial charge in [0.25, 0.3) is 0 Å². The monoisotopic (exact) mass is 172 g/mol. The third-order valence-corrected chi connectivity index (χ3v) is 3.16. The second-order valence-corrected chi connectivity index (χ2v) is 3.83. The molecule has 3 rings (SSSR count). The molecule has 0 aliphatic carbocycles. The summed E-state index contributed by atoms with van der Waals surface area (Å²) in [6, 6.07) is 8.47. The quantitative estimate of drug-likeness (QED) is 0.619. The summed E-state index contributed by atoms with van der Waals surface area (Å²) < 4.78 is 0. The largest absolute Gasteiger partial charge is 0.358 e. The minimum atomic E-state index is 0.191. The van der Waals surface area contributed by atoms with Crippen LogP contribution in [0, 0.1) is 0 Å². The maximum Gasteiger partial charge on any atom is 0.0616 e. The number of benzene rings is 1. The van der Waals surface area contributed by atoms with Crippen LogP contribution in [0.15, 0.2) is 36.5 Å². The lowest BCUT2D eigenvalue weighted by molar-refractivity contribution is 0.340. The number of hydrogen-bond donors (Lipinski definition) is 2. The SMILES string of the molecule is C=C1Nc2ccccc2C12CNC2. The fourth-order valence-electron chi connectivity index (χ4n) is 2.23. The minimum Gasteiger partial charge on any atom is -0.358 e. The van der Waals surface area contributed by atoms with Crippen LogP contribution in [0.25, 0.3) is 0 Å². The molecule has 0 bridgehead atoms. The lowest BCUT2D eigenvalue weighted by atomic mass is 9.75. The predicted octanol–water partition coefficient (Wildman–Crippen LogP) is 1.47. The van der Waals surface area contributed by atoms with Crippen molar-refractivity contribution >= 4 is 5.69 Å². The highest BCUT2D eigenvalue weighted by molar-refractivity contribution is 5.69. The molecule has 2 nitrogen and oxygen atoms in total. The van der Waals surface area contributed by atoms with Gasteiger partial charge < -0.3 is 10.6 Å². The van der Waals surface area contributed by atoms with E-state index in [1.165, 1.54) is 11.3 Å². The molecule has 2 heteroatoms. The summed E-state index contributed by atoms with van der Waals surface area (Å²) in [7, 11) is 0. The topological polar surface area (TPSA) is 24.1 Å². The maximum atomic E-state index is 4.09. The van der Waals surface area contributed by atoms with E-state index in [1.54, 1.807) is 0 Å². The van der Waals surface area contributed by atoms with Gasteiger partial charge in [-0.15, -0.1) is 0 Å². The van der Waals surface area contributed by atoms with E-state index in [-0.39, 0.29) is 5.41 Å². The van der Waals surface area contributed by atoms with E-state index in [0.29, 0.717) is 0 Å². The molecule has 0 radical (unpaired) electrons. The Kier molecular flexibility index (Phi) is 1.18. The fourth-order valence-corrected chi connectivity index (χ4v) is 2.23. The van der Waals surface area contributed by atoms with Crippen molar-refractivity contribution in [3.05, 3.63) is 42.1 Å². The molecule has 0 aromatic heterocycles. The molecule has 2 heterocycles.